The minimum absolute atomic E-state index is 0.229. The van der Waals surface area contributed by atoms with E-state index >= 15 is 0 Å². The summed E-state index contributed by atoms with van der Waals surface area (Å²) >= 11 is 0. The van der Waals surface area contributed by atoms with Crippen LogP contribution in [-0.4, -0.2) is 24.4 Å². The number of rotatable bonds is 4. The maximum Gasteiger partial charge on any atom is 0.187 e. The molecule has 0 amide bonds. The number of ether oxygens (including phenoxy) is 1. The zero-order valence-electron chi connectivity index (χ0n) is 10.2. The first-order valence-electron chi connectivity index (χ1n) is 6.06. The summed E-state index contributed by atoms with van der Waals surface area (Å²) in [6.45, 7) is 3.91. The summed E-state index contributed by atoms with van der Waals surface area (Å²) < 4.78 is 31.5. The van der Waals surface area contributed by atoms with E-state index in [9.17, 15) is 8.78 Å². The van der Waals surface area contributed by atoms with Gasteiger partial charge in [0.1, 0.15) is 0 Å². The third-order valence-corrected chi connectivity index (χ3v) is 3.38. The molecule has 1 aliphatic rings. The van der Waals surface area contributed by atoms with Gasteiger partial charge in [-0.25, -0.2) is 8.78 Å². The van der Waals surface area contributed by atoms with Crippen LogP contribution in [-0.2, 0) is 11.3 Å². The van der Waals surface area contributed by atoms with Gasteiger partial charge in [0.05, 0.1) is 6.61 Å². The van der Waals surface area contributed by atoms with Gasteiger partial charge in [0.15, 0.2) is 17.4 Å². The molecule has 0 bridgehead atoms. The molecule has 0 spiro atoms. The second-order valence-electron chi connectivity index (χ2n) is 4.70. The fourth-order valence-electron chi connectivity index (χ4n) is 2.11. The number of aromatic hydroxyl groups is 1. The molecule has 3 nitrogen and oxygen atoms in total. The van der Waals surface area contributed by atoms with E-state index in [0.29, 0.717) is 18.0 Å². The predicted molar refractivity (Wildman–Crippen MR) is 63.3 cm³/mol. The molecule has 0 saturated carbocycles. The van der Waals surface area contributed by atoms with Crippen LogP contribution in [0.5, 0.6) is 5.75 Å². The van der Waals surface area contributed by atoms with Crippen molar-refractivity contribution in [2.75, 3.05) is 13.2 Å². The van der Waals surface area contributed by atoms with Crippen LogP contribution in [0, 0.1) is 17.6 Å². The maximum atomic E-state index is 13.1. The molecule has 1 fully saturated rings. The highest BCUT2D eigenvalue weighted by molar-refractivity contribution is 5.29. The Morgan fingerprint density at radius 1 is 1.44 bits per heavy atom. The molecular formula is C13H17F2NO2. The fraction of sp³-hybridized carbons (Fsp3) is 0.538. The van der Waals surface area contributed by atoms with Gasteiger partial charge in [0, 0.05) is 19.2 Å². The molecule has 2 N–H and O–H groups in total. The first-order valence-corrected chi connectivity index (χ1v) is 6.06. The van der Waals surface area contributed by atoms with Gasteiger partial charge >= 0.3 is 0 Å². The van der Waals surface area contributed by atoms with Crippen LogP contribution >= 0.6 is 0 Å². The van der Waals surface area contributed by atoms with E-state index in [1.165, 1.54) is 0 Å². The minimum atomic E-state index is -0.927. The SMILES string of the molecule is CC(NCc1cc(F)c(O)c(F)c1)C1CCOC1. The van der Waals surface area contributed by atoms with Crippen LogP contribution in [0.15, 0.2) is 12.1 Å². The van der Waals surface area contributed by atoms with Gasteiger partial charge in [-0.2, -0.15) is 0 Å². The second kappa shape index (κ2) is 5.63. The number of hydrogen-bond donors (Lipinski definition) is 2. The van der Waals surface area contributed by atoms with E-state index in [4.69, 9.17) is 9.84 Å². The molecule has 2 rings (SSSR count). The molecule has 1 aromatic rings. The van der Waals surface area contributed by atoms with E-state index in [1.807, 2.05) is 6.92 Å². The molecule has 0 aromatic heterocycles. The van der Waals surface area contributed by atoms with Gasteiger partial charge in [-0.05, 0) is 37.0 Å². The third kappa shape index (κ3) is 2.97. The van der Waals surface area contributed by atoms with Crippen LogP contribution in [0.2, 0.25) is 0 Å². The highest BCUT2D eigenvalue weighted by Crippen LogP contribution is 2.22. The maximum absolute atomic E-state index is 13.1. The van der Waals surface area contributed by atoms with Crippen molar-refractivity contribution in [1.82, 2.24) is 5.32 Å². The Kier molecular flexibility index (Phi) is 4.14. The Hall–Kier alpha value is -1.20. The summed E-state index contributed by atoms with van der Waals surface area (Å²) in [6.07, 6.45) is 1.01. The number of hydrogen-bond acceptors (Lipinski definition) is 3. The largest absolute Gasteiger partial charge is 0.503 e. The van der Waals surface area contributed by atoms with Crippen LogP contribution < -0.4 is 5.32 Å². The molecule has 0 radical (unpaired) electrons. The number of nitrogens with one attached hydrogen (secondary N) is 1. The molecule has 100 valence electrons. The van der Waals surface area contributed by atoms with Crippen LogP contribution in [0.25, 0.3) is 0 Å². The van der Waals surface area contributed by atoms with Gasteiger partial charge in [0.2, 0.25) is 0 Å². The minimum Gasteiger partial charge on any atom is -0.503 e. The lowest BCUT2D eigenvalue weighted by molar-refractivity contribution is 0.178. The number of halogens is 2. The highest BCUT2D eigenvalue weighted by Gasteiger charge is 2.21. The van der Waals surface area contributed by atoms with E-state index < -0.39 is 17.4 Å². The molecule has 18 heavy (non-hydrogen) atoms. The fourth-order valence-corrected chi connectivity index (χ4v) is 2.11. The third-order valence-electron chi connectivity index (χ3n) is 3.38. The summed E-state index contributed by atoms with van der Waals surface area (Å²) in [6, 6.07) is 2.51. The Bertz CT molecular complexity index is 396. The Morgan fingerprint density at radius 3 is 2.67 bits per heavy atom. The van der Waals surface area contributed by atoms with Crippen molar-refractivity contribution < 1.29 is 18.6 Å². The zero-order valence-corrected chi connectivity index (χ0v) is 10.2. The molecule has 1 saturated heterocycles. The van der Waals surface area contributed by atoms with Crippen LogP contribution in [0.1, 0.15) is 18.9 Å². The summed E-state index contributed by atoms with van der Waals surface area (Å²) in [5.74, 6) is -2.33. The zero-order chi connectivity index (χ0) is 13.1. The van der Waals surface area contributed by atoms with Gasteiger partial charge in [-0.1, -0.05) is 0 Å². The quantitative estimate of drug-likeness (QED) is 0.868. The topological polar surface area (TPSA) is 41.5 Å². The lowest BCUT2D eigenvalue weighted by Gasteiger charge is -2.19. The van der Waals surface area contributed by atoms with Crippen LogP contribution in [0.4, 0.5) is 8.78 Å². The molecule has 0 aliphatic carbocycles. The van der Waals surface area contributed by atoms with E-state index in [0.717, 1.165) is 31.8 Å². The van der Waals surface area contributed by atoms with Crippen molar-refractivity contribution in [3.05, 3.63) is 29.3 Å². The molecule has 1 aromatic carbocycles. The van der Waals surface area contributed by atoms with E-state index in [-0.39, 0.29) is 6.04 Å². The summed E-state index contributed by atoms with van der Waals surface area (Å²) in [5, 5.41) is 12.2. The molecule has 1 aliphatic heterocycles. The standard InChI is InChI=1S/C13H17F2NO2/c1-8(10-2-3-18-7-10)16-6-9-4-11(14)13(17)12(15)5-9/h4-5,8,10,16-17H,2-3,6-7H2,1H3. The molecular weight excluding hydrogens is 240 g/mol. The van der Waals surface area contributed by atoms with Gasteiger partial charge in [-0.3, -0.25) is 0 Å². The van der Waals surface area contributed by atoms with Crippen molar-refractivity contribution in [2.45, 2.75) is 25.9 Å². The average Bonchev–Trinajstić information content (AvgIpc) is 2.86. The van der Waals surface area contributed by atoms with E-state index in [2.05, 4.69) is 5.32 Å². The van der Waals surface area contributed by atoms with Gasteiger partial charge in [0.25, 0.3) is 0 Å². The Balaban J connectivity index is 1.93. The van der Waals surface area contributed by atoms with E-state index in [1.54, 1.807) is 0 Å². The summed E-state index contributed by atoms with van der Waals surface area (Å²) in [5.41, 5.74) is 0.480. The van der Waals surface area contributed by atoms with Gasteiger partial charge in [-0.15, -0.1) is 0 Å². The lowest BCUT2D eigenvalue weighted by Crippen LogP contribution is -2.33. The summed E-state index contributed by atoms with van der Waals surface area (Å²) in [4.78, 5) is 0. The van der Waals surface area contributed by atoms with Crippen LogP contribution in [0.3, 0.4) is 0 Å². The molecule has 2 atom stereocenters. The molecule has 2 unspecified atom stereocenters. The van der Waals surface area contributed by atoms with Crippen molar-refractivity contribution in [1.29, 1.82) is 0 Å². The van der Waals surface area contributed by atoms with Crippen molar-refractivity contribution in [3.63, 3.8) is 0 Å². The number of benzene rings is 1. The number of phenols is 1. The normalized spacial score (nSPS) is 21.2. The average molecular weight is 257 g/mol. The Morgan fingerprint density at radius 2 is 2.11 bits per heavy atom. The second-order valence-corrected chi connectivity index (χ2v) is 4.70. The monoisotopic (exact) mass is 257 g/mol. The smallest absolute Gasteiger partial charge is 0.187 e. The predicted octanol–water partition coefficient (Wildman–Crippen LogP) is 2.19. The highest BCUT2D eigenvalue weighted by atomic mass is 19.1. The number of phenolic OH excluding ortho intramolecular Hbond substituents is 1. The lowest BCUT2D eigenvalue weighted by atomic mass is 10.0. The van der Waals surface area contributed by atoms with Gasteiger partial charge < -0.3 is 15.2 Å². The first kappa shape index (κ1) is 13.2. The Labute approximate surface area is 105 Å². The first-order chi connectivity index (χ1) is 8.58. The van der Waals surface area contributed by atoms with Crippen molar-refractivity contribution in [3.8, 4) is 5.75 Å². The van der Waals surface area contributed by atoms with Crippen molar-refractivity contribution >= 4 is 0 Å². The summed E-state index contributed by atoms with van der Waals surface area (Å²) in [7, 11) is 0. The van der Waals surface area contributed by atoms with Crippen molar-refractivity contribution in [2.24, 2.45) is 5.92 Å². The molecule has 5 heteroatoms. The molecule has 1 heterocycles.